The zero-order chi connectivity index (χ0) is 28.6. The van der Waals surface area contributed by atoms with Crippen LogP contribution in [0.2, 0.25) is 0 Å². The van der Waals surface area contributed by atoms with Gasteiger partial charge in [-0.2, -0.15) is 0 Å². The summed E-state index contributed by atoms with van der Waals surface area (Å²) in [7, 11) is 7.12. The van der Waals surface area contributed by atoms with E-state index in [-0.39, 0.29) is 19.3 Å². The molecule has 41 heavy (non-hydrogen) atoms. The van der Waals surface area contributed by atoms with Gasteiger partial charge in [0.1, 0.15) is 18.1 Å². The number of methoxy groups -OCH3 is 2. The Morgan fingerprint density at radius 1 is 0.976 bits per heavy atom. The van der Waals surface area contributed by atoms with Crippen LogP contribution in [0.3, 0.4) is 0 Å². The van der Waals surface area contributed by atoms with E-state index >= 15 is 0 Å². The number of fused-ring (bicyclic) bond motifs is 1. The van der Waals surface area contributed by atoms with Crippen LogP contribution >= 0.6 is 0 Å². The molecule has 1 amide bonds. The normalized spacial score (nSPS) is 10.4. The molecule has 0 radical (unpaired) electrons. The molecule has 0 atom stereocenters. The van der Waals surface area contributed by atoms with Gasteiger partial charge in [0.15, 0.2) is 11.5 Å². The van der Waals surface area contributed by atoms with E-state index in [2.05, 4.69) is 32.0 Å². The summed E-state index contributed by atoms with van der Waals surface area (Å²) in [5.41, 5.74) is 10.1. The predicted molar refractivity (Wildman–Crippen MR) is 163 cm³/mol. The van der Waals surface area contributed by atoms with E-state index in [0.717, 1.165) is 23.4 Å². The SMILES string of the molecule is C.COc1cc2nc(N)nc(C#Cc3cc(C(=O)NCc4ccc(OCCN(C)C)cc4)ccc3C)c2cc1OC. The molecule has 0 aliphatic heterocycles. The van der Waals surface area contributed by atoms with Crippen molar-refractivity contribution in [3.63, 3.8) is 0 Å². The Bertz CT molecular complexity index is 1570. The number of amides is 1. The molecule has 0 unspecified atom stereocenters. The van der Waals surface area contributed by atoms with Gasteiger partial charge in [0.2, 0.25) is 5.95 Å². The van der Waals surface area contributed by atoms with Crippen LogP contribution in [-0.4, -0.2) is 62.2 Å². The number of rotatable bonds is 9. The minimum Gasteiger partial charge on any atom is -0.493 e. The number of likely N-dealkylation sites (N-methyl/N-ethyl adjacent to an activating group) is 1. The lowest BCUT2D eigenvalue weighted by atomic mass is 10.0. The van der Waals surface area contributed by atoms with Gasteiger partial charge in [-0.3, -0.25) is 4.79 Å². The van der Waals surface area contributed by atoms with E-state index in [4.69, 9.17) is 19.9 Å². The summed E-state index contributed by atoms with van der Waals surface area (Å²) in [6, 6.07) is 16.6. The molecule has 1 aromatic heterocycles. The molecule has 0 spiro atoms. The molecule has 4 rings (SSSR count). The van der Waals surface area contributed by atoms with Crippen LogP contribution in [0.15, 0.2) is 54.6 Å². The molecule has 0 bridgehead atoms. The molecule has 1 heterocycles. The van der Waals surface area contributed by atoms with Crippen molar-refractivity contribution in [3.05, 3.63) is 82.5 Å². The molecule has 214 valence electrons. The number of nitrogens with one attached hydrogen (secondary N) is 1. The average molecular weight is 556 g/mol. The Kier molecular flexibility index (Phi) is 10.5. The number of aryl methyl sites for hydroxylation is 1. The number of nitrogens with zero attached hydrogens (tertiary/aromatic N) is 3. The fraction of sp³-hybridized carbons (Fsp3) is 0.281. The quantitative estimate of drug-likeness (QED) is 0.292. The van der Waals surface area contributed by atoms with Gasteiger partial charge in [0.05, 0.1) is 19.7 Å². The molecule has 0 aliphatic rings. The van der Waals surface area contributed by atoms with Crippen LogP contribution in [0.5, 0.6) is 17.2 Å². The Morgan fingerprint density at radius 3 is 2.37 bits per heavy atom. The van der Waals surface area contributed by atoms with Crippen molar-refractivity contribution in [2.45, 2.75) is 20.9 Å². The van der Waals surface area contributed by atoms with Crippen LogP contribution in [0.1, 0.15) is 40.2 Å². The fourth-order valence-electron chi connectivity index (χ4n) is 3.93. The standard InChI is InChI=1S/C31H33N5O4.CH4/c1-20-6-9-23(30(37)33-19-21-7-11-24(12-8-21)40-15-14-36(2)3)16-22(20)10-13-26-25-17-28(38-4)29(39-5)18-27(25)35-31(32)34-26;/h6-9,11-12,16-18H,14-15,19H2,1-5H3,(H,33,37)(H2,32,34,35);1H4. The van der Waals surface area contributed by atoms with Gasteiger partial charge in [0, 0.05) is 35.7 Å². The minimum absolute atomic E-state index is 0. The van der Waals surface area contributed by atoms with Gasteiger partial charge in [-0.15, -0.1) is 0 Å². The summed E-state index contributed by atoms with van der Waals surface area (Å²) in [5.74, 6) is 8.03. The second kappa shape index (κ2) is 14.0. The highest BCUT2D eigenvalue weighted by atomic mass is 16.5. The molecular formula is C32H37N5O4. The number of carbonyl (C=O) groups excluding carboxylic acids is 1. The van der Waals surface area contributed by atoms with Crippen molar-refractivity contribution in [1.29, 1.82) is 0 Å². The van der Waals surface area contributed by atoms with Gasteiger partial charge in [-0.1, -0.05) is 31.5 Å². The molecule has 0 saturated carbocycles. The summed E-state index contributed by atoms with van der Waals surface area (Å²) >= 11 is 0. The molecular weight excluding hydrogens is 518 g/mol. The van der Waals surface area contributed by atoms with Crippen molar-refractivity contribution in [1.82, 2.24) is 20.2 Å². The summed E-state index contributed by atoms with van der Waals surface area (Å²) in [5, 5.41) is 3.65. The van der Waals surface area contributed by atoms with Crippen molar-refractivity contribution in [2.75, 3.05) is 47.2 Å². The molecule has 0 aliphatic carbocycles. The lowest BCUT2D eigenvalue weighted by Crippen LogP contribution is -2.23. The molecule has 3 N–H and O–H groups in total. The van der Waals surface area contributed by atoms with E-state index in [9.17, 15) is 4.79 Å². The van der Waals surface area contributed by atoms with Gasteiger partial charge in [0.25, 0.3) is 5.91 Å². The van der Waals surface area contributed by atoms with Crippen molar-refractivity contribution in [2.24, 2.45) is 0 Å². The maximum Gasteiger partial charge on any atom is 0.251 e. The summed E-state index contributed by atoms with van der Waals surface area (Å²) in [6.45, 7) is 3.79. The first kappa shape index (κ1) is 30.7. The minimum atomic E-state index is -0.192. The molecule has 4 aromatic rings. The Hall–Kier alpha value is -4.81. The van der Waals surface area contributed by atoms with Crippen molar-refractivity contribution >= 4 is 22.8 Å². The maximum atomic E-state index is 12.9. The summed E-state index contributed by atoms with van der Waals surface area (Å²) in [6.07, 6.45) is 0. The summed E-state index contributed by atoms with van der Waals surface area (Å²) in [4.78, 5) is 23.6. The smallest absolute Gasteiger partial charge is 0.251 e. The molecule has 0 saturated heterocycles. The second-order valence-electron chi connectivity index (χ2n) is 9.41. The number of nitrogens with two attached hydrogens (primary N) is 1. The predicted octanol–water partition coefficient (Wildman–Crippen LogP) is 4.44. The van der Waals surface area contributed by atoms with Crippen molar-refractivity contribution in [3.8, 4) is 29.1 Å². The van der Waals surface area contributed by atoms with Crippen LogP contribution in [-0.2, 0) is 6.54 Å². The van der Waals surface area contributed by atoms with Gasteiger partial charge < -0.3 is 30.2 Å². The van der Waals surface area contributed by atoms with Crippen molar-refractivity contribution < 1.29 is 19.0 Å². The van der Waals surface area contributed by atoms with E-state index in [0.29, 0.717) is 52.4 Å². The first-order chi connectivity index (χ1) is 19.3. The lowest BCUT2D eigenvalue weighted by molar-refractivity contribution is 0.0951. The van der Waals surface area contributed by atoms with E-state index in [1.807, 2.05) is 51.4 Å². The first-order valence-corrected chi connectivity index (χ1v) is 12.7. The van der Waals surface area contributed by atoms with E-state index < -0.39 is 0 Å². The lowest BCUT2D eigenvalue weighted by Gasteiger charge is -2.11. The Labute approximate surface area is 241 Å². The highest BCUT2D eigenvalue weighted by molar-refractivity contribution is 5.94. The topological polar surface area (TPSA) is 112 Å². The van der Waals surface area contributed by atoms with Crippen LogP contribution < -0.4 is 25.3 Å². The van der Waals surface area contributed by atoms with Gasteiger partial charge in [-0.05, 0) is 68.4 Å². The molecule has 3 aromatic carbocycles. The maximum absolute atomic E-state index is 12.9. The molecule has 9 nitrogen and oxygen atoms in total. The largest absolute Gasteiger partial charge is 0.493 e. The number of hydrogen-bond acceptors (Lipinski definition) is 8. The third-order valence-corrected chi connectivity index (χ3v) is 6.22. The van der Waals surface area contributed by atoms with Crippen LogP contribution in [0.4, 0.5) is 5.95 Å². The highest BCUT2D eigenvalue weighted by Crippen LogP contribution is 2.32. The summed E-state index contributed by atoms with van der Waals surface area (Å²) < 4.78 is 16.5. The number of nitrogen functional groups attached to an aromatic ring is 1. The second-order valence-corrected chi connectivity index (χ2v) is 9.41. The number of hydrogen-bond donors (Lipinski definition) is 2. The molecule has 0 fully saturated rings. The number of benzene rings is 3. The third-order valence-electron chi connectivity index (χ3n) is 6.22. The number of anilines is 1. The zero-order valence-electron chi connectivity index (χ0n) is 23.4. The number of carbonyl (C=O) groups is 1. The van der Waals surface area contributed by atoms with Gasteiger partial charge in [-0.25, -0.2) is 9.97 Å². The van der Waals surface area contributed by atoms with E-state index in [1.54, 1.807) is 38.5 Å². The highest BCUT2D eigenvalue weighted by Gasteiger charge is 2.12. The number of aromatic nitrogens is 2. The van der Waals surface area contributed by atoms with Crippen LogP contribution in [0.25, 0.3) is 10.9 Å². The monoisotopic (exact) mass is 555 g/mol. The van der Waals surface area contributed by atoms with Crippen LogP contribution in [0, 0.1) is 18.8 Å². The Morgan fingerprint density at radius 2 is 1.68 bits per heavy atom. The van der Waals surface area contributed by atoms with E-state index in [1.165, 1.54) is 0 Å². The average Bonchev–Trinajstić information content (AvgIpc) is 2.95. The molecule has 9 heteroatoms. The Balaban J connectivity index is 0.00000462. The van der Waals surface area contributed by atoms with Gasteiger partial charge >= 0.3 is 0 Å². The fourth-order valence-corrected chi connectivity index (χ4v) is 3.93. The zero-order valence-corrected chi connectivity index (χ0v) is 23.4. The third kappa shape index (κ3) is 7.87. The number of ether oxygens (including phenoxy) is 3. The first-order valence-electron chi connectivity index (χ1n) is 12.7.